The van der Waals surface area contributed by atoms with Gasteiger partial charge in [0.05, 0.1) is 0 Å². The Balaban J connectivity index is 0.00000142. The van der Waals surface area contributed by atoms with Gasteiger partial charge in [0.1, 0.15) is 0 Å². The van der Waals surface area contributed by atoms with Gasteiger partial charge in [0.25, 0.3) is 0 Å². The molecule has 0 aromatic heterocycles. The Hall–Kier alpha value is -1.77. The van der Waals surface area contributed by atoms with E-state index >= 15 is 0 Å². The first kappa shape index (κ1) is 93.2. The Morgan fingerprint density at radius 2 is 0.463 bits per heavy atom. The summed E-state index contributed by atoms with van der Waals surface area (Å²) >= 11 is 0. The Morgan fingerprint density at radius 3 is 0.674 bits per heavy atom. The van der Waals surface area contributed by atoms with Crippen molar-refractivity contribution >= 4 is 19.5 Å². The fourth-order valence-electron chi connectivity index (χ4n) is 14.1. The normalized spacial score (nSPS) is 12.4. The molecule has 0 amide bonds. The molecule has 2 nitrogen and oxygen atoms in total. The van der Waals surface area contributed by atoms with Crippen molar-refractivity contribution in [2.24, 2.45) is 0 Å². The SMILES string of the molecule is CCCCCC1=C(c2ccc(CCCC)cc2)[N+](=[N-])C(c2ccc(CC[Si](C)(C)C)cc2)=C1CCCCC.[CH2-]CCCCCCCCCCCCCCCCCCCCCCCCCCC.[CH2-]CCCCCCCCCCCCCCCCCCCCCCCCCCC.[Ni+2]. The molecular weight excluding hydrogens is 1210 g/mol. The molecule has 4 heteroatoms. The van der Waals surface area contributed by atoms with Crippen molar-refractivity contribution in [1.29, 1.82) is 0 Å². The van der Waals surface area contributed by atoms with Gasteiger partial charge in [0.15, 0.2) is 0 Å². The molecule has 0 saturated heterocycles. The van der Waals surface area contributed by atoms with Gasteiger partial charge in [-0.1, -0.05) is 438 Å². The summed E-state index contributed by atoms with van der Waals surface area (Å²) in [6.07, 6.45) is 89.5. The number of benzene rings is 2. The standard InChI is InChI=1S/C35H52N2Si.2C28H57.Ni/c1-7-10-13-16-32-33(17-14-11-8-2)35(31-24-20-29(21-25-31)26-27-38(4,5)6)37(36)34(32)30-22-18-28(19-23-30)15-12-9-3;2*1-3-5-7-9-11-13-15-17-19-21-23-25-27-28-26-24-22-20-18-16-14-12-10-8-6-4-2;/h18-25H,7-17,26-27H2,1-6H3;2*1,3-28H2,2H3;/q;2*-1;+2. The van der Waals surface area contributed by atoms with E-state index in [-0.39, 0.29) is 16.5 Å². The molecule has 0 N–H and O–H groups in total. The molecule has 2 aromatic carbocycles. The molecule has 3 rings (SSSR count). The summed E-state index contributed by atoms with van der Waals surface area (Å²) in [6.45, 7) is 26.6. The second-order valence-corrected chi connectivity index (χ2v) is 36.7. The van der Waals surface area contributed by atoms with Crippen molar-refractivity contribution in [2.75, 3.05) is 0 Å². The average Bonchev–Trinajstić information content (AvgIpc) is 1.61. The number of rotatable bonds is 66. The van der Waals surface area contributed by atoms with Gasteiger partial charge in [-0.25, -0.2) is 4.70 Å². The van der Waals surface area contributed by atoms with Gasteiger partial charge >= 0.3 is 16.5 Å². The van der Waals surface area contributed by atoms with Gasteiger partial charge < -0.3 is 19.4 Å². The summed E-state index contributed by atoms with van der Waals surface area (Å²) in [5.41, 5.74) is 21.6. The Bertz CT molecular complexity index is 1870. The second-order valence-electron chi connectivity index (χ2n) is 31.1. The number of hydrogen-bond donors (Lipinski definition) is 0. The van der Waals surface area contributed by atoms with Crippen LogP contribution >= 0.6 is 0 Å². The van der Waals surface area contributed by atoms with Gasteiger partial charge in [-0.05, 0) is 80.3 Å². The van der Waals surface area contributed by atoms with Crippen molar-refractivity contribution in [3.05, 3.63) is 101 Å². The molecule has 0 aliphatic carbocycles. The summed E-state index contributed by atoms with van der Waals surface area (Å²) in [4.78, 5) is 0. The van der Waals surface area contributed by atoms with Crippen LogP contribution < -0.4 is 0 Å². The number of hydrogen-bond acceptors (Lipinski definition) is 0. The van der Waals surface area contributed by atoms with Crippen molar-refractivity contribution in [3.63, 3.8) is 0 Å². The smallest absolute Gasteiger partial charge is 0.493 e. The molecule has 0 unspecified atom stereocenters. The minimum atomic E-state index is -1.07. The summed E-state index contributed by atoms with van der Waals surface area (Å²) in [7, 11) is -1.07. The number of aryl methyl sites for hydroxylation is 2. The van der Waals surface area contributed by atoms with Gasteiger partial charge in [-0.3, -0.25) is 0 Å². The third-order valence-corrected chi connectivity index (χ3v) is 22.3. The fraction of sp³-hybridized carbons (Fsp3) is 0.802. The molecule has 1 aliphatic heterocycles. The average molecular weight is 1380 g/mol. The molecule has 0 bridgehead atoms. The van der Waals surface area contributed by atoms with E-state index in [1.807, 2.05) is 0 Å². The van der Waals surface area contributed by atoms with E-state index in [0.717, 1.165) is 73.9 Å². The van der Waals surface area contributed by atoms with E-state index in [2.05, 4.69) is 117 Å². The topological polar surface area (TPSA) is 25.3 Å². The molecule has 0 saturated carbocycles. The molecule has 1 aliphatic rings. The molecule has 0 fully saturated rings. The van der Waals surface area contributed by atoms with E-state index < -0.39 is 8.07 Å². The van der Waals surface area contributed by atoms with Crippen molar-refractivity contribution in [3.8, 4) is 0 Å². The van der Waals surface area contributed by atoms with Crippen molar-refractivity contribution in [1.82, 2.24) is 0 Å². The van der Waals surface area contributed by atoms with Crippen LogP contribution in [0.25, 0.3) is 16.9 Å². The van der Waals surface area contributed by atoms with Crippen LogP contribution in [0.5, 0.6) is 0 Å². The van der Waals surface area contributed by atoms with E-state index in [0.29, 0.717) is 0 Å². The zero-order chi connectivity index (χ0) is 68.3. The van der Waals surface area contributed by atoms with E-state index in [9.17, 15) is 5.53 Å². The van der Waals surface area contributed by atoms with Gasteiger partial charge in [0.2, 0.25) is 11.4 Å². The largest absolute Gasteiger partial charge is 2.00 e. The summed E-state index contributed by atoms with van der Waals surface area (Å²) < 4.78 is 1.54. The summed E-state index contributed by atoms with van der Waals surface area (Å²) in [6, 6.07) is 19.4. The predicted octanol–water partition coefficient (Wildman–Crippen LogP) is 33.2. The maximum atomic E-state index is 11.8. The molecule has 0 radical (unpaired) electrons. The fourth-order valence-corrected chi connectivity index (χ4v) is 15.1. The number of unbranched alkanes of at least 4 members (excludes halogenated alkanes) is 55. The minimum absolute atomic E-state index is 0. The Kier molecular flexibility index (Phi) is 69.3. The first-order chi connectivity index (χ1) is 46.1. The van der Waals surface area contributed by atoms with Gasteiger partial charge in [-0.2, -0.15) is 12.8 Å². The molecule has 0 atom stereocenters. The molecule has 0 spiro atoms. The van der Waals surface area contributed by atoms with Crippen LogP contribution in [0, 0.1) is 13.8 Å². The predicted molar refractivity (Wildman–Crippen MR) is 431 cm³/mol. The first-order valence-electron chi connectivity index (χ1n) is 42.8. The third-order valence-electron chi connectivity index (χ3n) is 20.6. The summed E-state index contributed by atoms with van der Waals surface area (Å²) in [5.74, 6) is 0. The molecule has 1 heterocycles. The van der Waals surface area contributed by atoms with Crippen LogP contribution in [0.3, 0.4) is 0 Å². The van der Waals surface area contributed by atoms with Crippen molar-refractivity contribution in [2.45, 2.75) is 471 Å². The zero-order valence-electron chi connectivity index (χ0n) is 65.7. The van der Waals surface area contributed by atoms with Crippen molar-refractivity contribution < 1.29 is 21.2 Å². The van der Waals surface area contributed by atoms with E-state index in [1.165, 1.54) is 388 Å². The van der Waals surface area contributed by atoms with Crippen LogP contribution in [0.4, 0.5) is 0 Å². The van der Waals surface area contributed by atoms with E-state index in [1.54, 1.807) is 4.70 Å². The quantitative estimate of drug-likeness (QED) is 0.0273. The Morgan fingerprint density at radius 1 is 0.263 bits per heavy atom. The summed E-state index contributed by atoms with van der Waals surface area (Å²) in [5, 5.41) is 0. The first-order valence-corrected chi connectivity index (χ1v) is 46.6. The van der Waals surface area contributed by atoms with Gasteiger partial charge in [-0.15, -0.1) is 0 Å². The van der Waals surface area contributed by atoms with Crippen LogP contribution in [-0.2, 0) is 29.3 Å². The van der Waals surface area contributed by atoms with Crippen LogP contribution in [0.15, 0.2) is 59.7 Å². The second kappa shape index (κ2) is 70.7. The third kappa shape index (κ3) is 55.6. The van der Waals surface area contributed by atoms with Crippen LogP contribution in [-0.4, -0.2) is 12.8 Å². The van der Waals surface area contributed by atoms with Crippen LogP contribution in [0.2, 0.25) is 25.7 Å². The minimum Gasteiger partial charge on any atom is -0.493 e. The maximum Gasteiger partial charge on any atom is 2.00 e. The Labute approximate surface area is 609 Å². The van der Waals surface area contributed by atoms with Crippen LogP contribution in [0.1, 0.15) is 455 Å². The number of nitrogens with zero attached hydrogens (tertiary/aromatic N) is 2. The maximum absolute atomic E-state index is 11.8. The molecular formula is C91H166N2NiSi. The molecule has 95 heavy (non-hydrogen) atoms. The van der Waals surface area contributed by atoms with E-state index in [4.69, 9.17) is 0 Å². The zero-order valence-corrected chi connectivity index (χ0v) is 67.7. The molecule has 2 aromatic rings. The molecule has 554 valence electrons. The monoisotopic (exact) mass is 1370 g/mol. The van der Waals surface area contributed by atoms with Gasteiger partial charge in [0, 0.05) is 30.3 Å². The number of allylic oxidation sites excluding steroid dienone is 2.